The van der Waals surface area contributed by atoms with Crippen molar-refractivity contribution in [2.45, 2.75) is 32.6 Å². The van der Waals surface area contributed by atoms with Crippen molar-refractivity contribution in [2.24, 2.45) is 11.7 Å². The monoisotopic (exact) mass is 422 g/mol. The van der Waals surface area contributed by atoms with Crippen molar-refractivity contribution in [2.75, 3.05) is 26.2 Å². The van der Waals surface area contributed by atoms with Crippen molar-refractivity contribution >= 4 is 17.7 Å². The van der Waals surface area contributed by atoms with Gasteiger partial charge in [-0.25, -0.2) is 0 Å². The van der Waals surface area contributed by atoms with E-state index in [-0.39, 0.29) is 30.6 Å². The summed E-state index contributed by atoms with van der Waals surface area (Å²) in [6, 6.07) is 11.9. The molecule has 1 aromatic heterocycles. The minimum atomic E-state index is -0.492. The fourth-order valence-electron chi connectivity index (χ4n) is 4.07. The second-order valence-electron chi connectivity index (χ2n) is 7.93. The second-order valence-corrected chi connectivity index (χ2v) is 7.93. The molecule has 3 rings (SSSR count). The van der Waals surface area contributed by atoms with E-state index in [1.54, 1.807) is 11.1 Å². The van der Waals surface area contributed by atoms with Crippen LogP contribution in [0.25, 0.3) is 11.1 Å². The molecular formula is C24H30N4O3. The molecule has 1 atom stereocenters. The first-order valence-corrected chi connectivity index (χ1v) is 10.8. The van der Waals surface area contributed by atoms with Crippen molar-refractivity contribution in [3.05, 3.63) is 54.4 Å². The molecule has 0 aliphatic carbocycles. The molecule has 2 aromatic rings. The number of nitrogens with zero attached hydrogens (tertiary/aromatic N) is 3. The molecule has 1 saturated heterocycles. The number of carbonyl (C=O) groups excluding carboxylic acids is 3. The predicted molar refractivity (Wildman–Crippen MR) is 119 cm³/mol. The van der Waals surface area contributed by atoms with E-state index in [0.717, 1.165) is 23.1 Å². The average Bonchev–Trinajstić information content (AvgIpc) is 2.93. The summed E-state index contributed by atoms with van der Waals surface area (Å²) in [5.41, 5.74) is 8.30. The Morgan fingerprint density at radius 3 is 2.65 bits per heavy atom. The maximum Gasteiger partial charge on any atom is 0.227 e. The molecule has 7 heteroatoms. The zero-order valence-corrected chi connectivity index (χ0v) is 18.0. The molecule has 31 heavy (non-hydrogen) atoms. The van der Waals surface area contributed by atoms with Crippen molar-refractivity contribution in [1.29, 1.82) is 0 Å². The van der Waals surface area contributed by atoms with Gasteiger partial charge in [0.05, 0.1) is 5.92 Å². The van der Waals surface area contributed by atoms with Gasteiger partial charge in [-0.3, -0.25) is 19.4 Å². The van der Waals surface area contributed by atoms with Crippen molar-refractivity contribution in [3.63, 3.8) is 0 Å². The van der Waals surface area contributed by atoms with Gasteiger partial charge in [0, 0.05) is 57.0 Å². The van der Waals surface area contributed by atoms with E-state index in [2.05, 4.69) is 4.98 Å². The van der Waals surface area contributed by atoms with Gasteiger partial charge in [-0.05, 0) is 30.0 Å². The molecular weight excluding hydrogens is 392 g/mol. The highest BCUT2D eigenvalue weighted by molar-refractivity contribution is 5.85. The predicted octanol–water partition coefficient (Wildman–Crippen LogP) is 2.25. The SMILES string of the molecule is CCCN1CCN(C(=O)CCC(N)=O)C[C@@H](Cc2ccccc2-c2cccnc2)C1=O. The fraction of sp³-hybridized carbons (Fsp3) is 0.417. The first-order chi connectivity index (χ1) is 15.0. The fourth-order valence-corrected chi connectivity index (χ4v) is 4.07. The summed E-state index contributed by atoms with van der Waals surface area (Å²) in [6.07, 6.45) is 5.05. The standard InChI is InChI=1S/C24H30N4O3/c1-2-12-27-13-14-28(23(30)10-9-22(25)29)17-20(24(27)31)15-18-6-3-4-8-21(18)19-7-5-11-26-16-19/h3-8,11,16,20H,2,9-10,12-15,17H2,1H3,(H2,25,29)/t20-/m1/s1. The van der Waals surface area contributed by atoms with Crippen molar-refractivity contribution in [1.82, 2.24) is 14.8 Å². The molecule has 164 valence electrons. The van der Waals surface area contributed by atoms with Crippen molar-refractivity contribution < 1.29 is 14.4 Å². The van der Waals surface area contributed by atoms with Gasteiger partial charge in [-0.2, -0.15) is 0 Å². The number of aromatic nitrogens is 1. The van der Waals surface area contributed by atoms with E-state index >= 15 is 0 Å². The van der Waals surface area contributed by atoms with Gasteiger partial charge in [0.25, 0.3) is 0 Å². The van der Waals surface area contributed by atoms with E-state index < -0.39 is 5.91 Å². The Kier molecular flexibility index (Phi) is 7.76. The zero-order chi connectivity index (χ0) is 22.2. The largest absolute Gasteiger partial charge is 0.370 e. The summed E-state index contributed by atoms with van der Waals surface area (Å²) >= 11 is 0. The zero-order valence-electron chi connectivity index (χ0n) is 18.0. The Morgan fingerprint density at radius 2 is 1.94 bits per heavy atom. The summed E-state index contributed by atoms with van der Waals surface area (Å²) in [5, 5.41) is 0. The normalized spacial score (nSPS) is 16.8. The maximum absolute atomic E-state index is 13.3. The third-order valence-electron chi connectivity index (χ3n) is 5.63. The van der Waals surface area contributed by atoms with Crippen LogP contribution in [0.4, 0.5) is 0 Å². The van der Waals surface area contributed by atoms with Crippen LogP contribution in [0.15, 0.2) is 48.8 Å². The Labute approximate surface area is 183 Å². The van der Waals surface area contributed by atoms with E-state index in [4.69, 9.17) is 5.73 Å². The third kappa shape index (κ3) is 5.90. The number of benzene rings is 1. The molecule has 3 amide bonds. The Hall–Kier alpha value is -3.22. The van der Waals surface area contributed by atoms with Gasteiger partial charge in [0.2, 0.25) is 17.7 Å². The van der Waals surface area contributed by atoms with Crippen LogP contribution in [0.2, 0.25) is 0 Å². The first-order valence-electron chi connectivity index (χ1n) is 10.8. The lowest BCUT2D eigenvalue weighted by Gasteiger charge is -2.24. The quantitative estimate of drug-likeness (QED) is 0.706. The van der Waals surface area contributed by atoms with Gasteiger partial charge >= 0.3 is 0 Å². The molecule has 1 aliphatic heterocycles. The number of nitrogens with two attached hydrogens (primary N) is 1. The van der Waals surface area contributed by atoms with E-state index in [0.29, 0.717) is 32.6 Å². The summed E-state index contributed by atoms with van der Waals surface area (Å²) in [6.45, 7) is 4.04. The Bertz CT molecular complexity index is 916. The molecule has 2 N–H and O–H groups in total. The van der Waals surface area contributed by atoms with Gasteiger partial charge in [0.1, 0.15) is 0 Å². The maximum atomic E-state index is 13.3. The van der Waals surface area contributed by atoms with E-state index in [9.17, 15) is 14.4 Å². The highest BCUT2D eigenvalue weighted by atomic mass is 16.2. The summed E-state index contributed by atoms with van der Waals surface area (Å²) in [5.74, 6) is -0.887. The molecule has 1 fully saturated rings. The van der Waals surface area contributed by atoms with Crippen LogP contribution >= 0.6 is 0 Å². The number of primary amides is 1. The van der Waals surface area contributed by atoms with Crippen LogP contribution in [-0.4, -0.2) is 58.7 Å². The van der Waals surface area contributed by atoms with Crippen LogP contribution in [0, 0.1) is 5.92 Å². The molecule has 0 spiro atoms. The number of amides is 3. The number of hydrogen-bond donors (Lipinski definition) is 1. The molecule has 7 nitrogen and oxygen atoms in total. The number of rotatable bonds is 8. The second kappa shape index (κ2) is 10.7. The molecule has 1 aromatic carbocycles. The number of pyridine rings is 1. The highest BCUT2D eigenvalue weighted by Gasteiger charge is 2.32. The summed E-state index contributed by atoms with van der Waals surface area (Å²) < 4.78 is 0. The molecule has 2 heterocycles. The van der Waals surface area contributed by atoms with Crippen LogP contribution in [0.5, 0.6) is 0 Å². The minimum Gasteiger partial charge on any atom is -0.370 e. The topological polar surface area (TPSA) is 96.6 Å². The first kappa shape index (κ1) is 22.5. The number of hydrogen-bond acceptors (Lipinski definition) is 4. The van der Waals surface area contributed by atoms with Crippen LogP contribution in [0.1, 0.15) is 31.7 Å². The summed E-state index contributed by atoms with van der Waals surface area (Å²) in [4.78, 5) is 44.9. The molecule has 0 unspecified atom stereocenters. The molecule has 0 radical (unpaired) electrons. The van der Waals surface area contributed by atoms with Gasteiger partial charge in [0.15, 0.2) is 0 Å². The Balaban J connectivity index is 1.85. The highest BCUT2D eigenvalue weighted by Crippen LogP contribution is 2.27. The Morgan fingerprint density at radius 1 is 1.13 bits per heavy atom. The molecule has 0 bridgehead atoms. The van der Waals surface area contributed by atoms with Gasteiger partial charge < -0.3 is 15.5 Å². The third-order valence-corrected chi connectivity index (χ3v) is 5.63. The summed E-state index contributed by atoms with van der Waals surface area (Å²) in [7, 11) is 0. The average molecular weight is 423 g/mol. The van der Waals surface area contributed by atoms with E-state index in [1.165, 1.54) is 0 Å². The lowest BCUT2D eigenvalue weighted by atomic mass is 9.91. The molecule has 1 aliphatic rings. The smallest absolute Gasteiger partial charge is 0.227 e. The lowest BCUT2D eigenvalue weighted by Crippen LogP contribution is -2.38. The van der Waals surface area contributed by atoms with E-state index in [1.807, 2.05) is 54.4 Å². The number of carbonyl (C=O) groups is 3. The van der Waals surface area contributed by atoms with Crippen molar-refractivity contribution in [3.8, 4) is 11.1 Å². The van der Waals surface area contributed by atoms with Gasteiger partial charge in [-0.1, -0.05) is 37.3 Å². The lowest BCUT2D eigenvalue weighted by molar-refractivity contribution is -0.135. The van der Waals surface area contributed by atoms with Crippen LogP contribution in [0.3, 0.4) is 0 Å². The minimum absolute atomic E-state index is 0.0243. The van der Waals surface area contributed by atoms with Crippen LogP contribution in [-0.2, 0) is 20.8 Å². The van der Waals surface area contributed by atoms with Gasteiger partial charge in [-0.15, -0.1) is 0 Å². The molecule has 0 saturated carbocycles. The van der Waals surface area contributed by atoms with Crippen LogP contribution < -0.4 is 5.73 Å².